The second-order valence-electron chi connectivity index (χ2n) is 7.76. The van der Waals surface area contributed by atoms with Gasteiger partial charge < -0.3 is 9.64 Å². The van der Waals surface area contributed by atoms with Crippen LogP contribution >= 0.6 is 23.2 Å². The van der Waals surface area contributed by atoms with Gasteiger partial charge in [-0.15, -0.1) is 0 Å². The van der Waals surface area contributed by atoms with Crippen LogP contribution in [0.2, 0.25) is 10.0 Å². The zero-order valence-corrected chi connectivity index (χ0v) is 17.4. The third-order valence-corrected chi connectivity index (χ3v) is 6.78. The highest BCUT2D eigenvalue weighted by Crippen LogP contribution is 2.50. The second-order valence-corrected chi connectivity index (χ2v) is 8.60. The Hall–Kier alpha value is -1.75. The number of hydrogen-bond acceptors (Lipinski definition) is 4. The van der Waals surface area contributed by atoms with Gasteiger partial charge in [-0.1, -0.05) is 54.4 Å². The van der Waals surface area contributed by atoms with E-state index in [4.69, 9.17) is 33.0 Å². The summed E-state index contributed by atoms with van der Waals surface area (Å²) in [6.45, 7) is 5.33. The molecule has 3 aliphatic rings. The third-order valence-electron chi connectivity index (χ3n) is 6.23. The summed E-state index contributed by atoms with van der Waals surface area (Å²) in [5.74, 6) is 0.993. The van der Waals surface area contributed by atoms with Crippen molar-refractivity contribution < 1.29 is 4.74 Å². The molecule has 0 aromatic heterocycles. The van der Waals surface area contributed by atoms with Gasteiger partial charge in [0.05, 0.1) is 16.8 Å². The molecule has 4 nitrogen and oxygen atoms in total. The van der Waals surface area contributed by atoms with E-state index in [0.29, 0.717) is 10.0 Å². The fraction of sp³-hybridized carbons (Fsp3) is 0.409. The molecule has 2 aromatic carbocycles. The van der Waals surface area contributed by atoms with Crippen LogP contribution in [-0.4, -0.2) is 41.0 Å². The Morgan fingerprint density at radius 1 is 1.14 bits per heavy atom. The number of hydrazone groups is 1. The van der Waals surface area contributed by atoms with Crippen molar-refractivity contribution in [2.75, 3.05) is 19.6 Å². The summed E-state index contributed by atoms with van der Waals surface area (Å²) < 4.78 is 6.64. The van der Waals surface area contributed by atoms with Crippen LogP contribution in [-0.2, 0) is 0 Å². The SMILES string of the molecule is CCN1CCC2(CC1)Oc1ccccc1C1CC(c3ccc(Cl)cc3Cl)=NN12. The van der Waals surface area contributed by atoms with E-state index in [1.807, 2.05) is 12.1 Å². The Labute approximate surface area is 175 Å². The number of likely N-dealkylation sites (tertiary alicyclic amines) is 1. The molecular weight excluding hydrogens is 393 g/mol. The maximum atomic E-state index is 6.64. The van der Waals surface area contributed by atoms with E-state index in [9.17, 15) is 0 Å². The zero-order chi connectivity index (χ0) is 19.3. The van der Waals surface area contributed by atoms with Gasteiger partial charge in [-0.2, -0.15) is 5.10 Å². The van der Waals surface area contributed by atoms with Crippen LogP contribution in [0.5, 0.6) is 5.75 Å². The fourth-order valence-corrected chi connectivity index (χ4v) is 5.18. The van der Waals surface area contributed by atoms with Gasteiger partial charge in [0.1, 0.15) is 5.75 Å². The summed E-state index contributed by atoms with van der Waals surface area (Å²) in [7, 11) is 0. The van der Waals surface area contributed by atoms with Crippen molar-refractivity contribution in [1.82, 2.24) is 9.91 Å². The molecule has 1 unspecified atom stereocenters. The van der Waals surface area contributed by atoms with Gasteiger partial charge in [-0.25, -0.2) is 5.01 Å². The summed E-state index contributed by atoms with van der Waals surface area (Å²) in [5, 5.41) is 8.59. The fourth-order valence-electron chi connectivity index (χ4n) is 4.66. The molecule has 0 aliphatic carbocycles. The monoisotopic (exact) mass is 415 g/mol. The van der Waals surface area contributed by atoms with Crippen LogP contribution in [0.3, 0.4) is 0 Å². The highest BCUT2D eigenvalue weighted by molar-refractivity contribution is 6.37. The average molecular weight is 416 g/mol. The molecule has 6 heteroatoms. The Bertz CT molecular complexity index is 937. The van der Waals surface area contributed by atoms with Gasteiger partial charge in [0.25, 0.3) is 0 Å². The molecular formula is C22H23Cl2N3O. The van der Waals surface area contributed by atoms with Crippen molar-refractivity contribution in [3.8, 4) is 5.75 Å². The maximum absolute atomic E-state index is 6.64. The summed E-state index contributed by atoms with van der Waals surface area (Å²) in [6, 6.07) is 14.2. The molecule has 1 atom stereocenters. The molecule has 0 radical (unpaired) electrons. The number of rotatable bonds is 2. The topological polar surface area (TPSA) is 28.1 Å². The molecule has 28 heavy (non-hydrogen) atoms. The standard InChI is InChI=1S/C22H23Cl2N3O/c1-2-26-11-9-22(10-12-26)27-20(17-5-3-4-6-21(17)28-22)14-19(25-27)16-8-7-15(23)13-18(16)24/h3-8,13,20H,2,9-12,14H2,1H3. The average Bonchev–Trinajstić information content (AvgIpc) is 3.15. The van der Waals surface area contributed by atoms with Crippen LogP contribution in [0, 0.1) is 0 Å². The summed E-state index contributed by atoms with van der Waals surface area (Å²) in [5.41, 5.74) is 2.78. The van der Waals surface area contributed by atoms with Crippen LogP contribution in [0.15, 0.2) is 47.6 Å². The number of fused-ring (bicyclic) bond motifs is 4. The van der Waals surface area contributed by atoms with Crippen LogP contribution < -0.4 is 4.74 Å². The number of halogens is 2. The Morgan fingerprint density at radius 2 is 1.93 bits per heavy atom. The molecule has 146 valence electrons. The maximum Gasteiger partial charge on any atom is 0.200 e. The Morgan fingerprint density at radius 3 is 2.68 bits per heavy atom. The predicted molar refractivity (Wildman–Crippen MR) is 113 cm³/mol. The minimum absolute atomic E-state index is 0.180. The minimum atomic E-state index is -0.384. The molecule has 1 spiro atoms. The number of para-hydroxylation sites is 1. The highest BCUT2D eigenvalue weighted by Gasteiger charge is 2.51. The van der Waals surface area contributed by atoms with Crippen LogP contribution in [0.4, 0.5) is 0 Å². The lowest BCUT2D eigenvalue weighted by atomic mass is 9.90. The number of benzene rings is 2. The first-order valence-electron chi connectivity index (χ1n) is 9.92. The normalized spacial score (nSPS) is 23.2. The van der Waals surface area contributed by atoms with Gasteiger partial charge in [-0.3, -0.25) is 0 Å². The third kappa shape index (κ3) is 2.90. The van der Waals surface area contributed by atoms with Crippen molar-refractivity contribution in [2.45, 2.75) is 38.0 Å². The molecule has 0 amide bonds. The van der Waals surface area contributed by atoms with Gasteiger partial charge in [0.15, 0.2) is 0 Å². The minimum Gasteiger partial charge on any atom is -0.466 e. The van der Waals surface area contributed by atoms with Crippen LogP contribution in [0.1, 0.15) is 43.4 Å². The molecule has 2 aromatic rings. The van der Waals surface area contributed by atoms with E-state index in [2.05, 4.69) is 41.1 Å². The summed E-state index contributed by atoms with van der Waals surface area (Å²) >= 11 is 12.6. The lowest BCUT2D eigenvalue weighted by Crippen LogP contribution is -2.59. The van der Waals surface area contributed by atoms with Gasteiger partial charge >= 0.3 is 0 Å². The smallest absolute Gasteiger partial charge is 0.200 e. The quantitative estimate of drug-likeness (QED) is 0.661. The predicted octanol–water partition coefficient (Wildman–Crippen LogP) is 5.35. The molecule has 3 aliphatic heterocycles. The lowest BCUT2D eigenvalue weighted by Gasteiger charge is -2.51. The molecule has 3 heterocycles. The van der Waals surface area contributed by atoms with Gasteiger partial charge in [0.2, 0.25) is 5.72 Å². The molecule has 5 rings (SSSR count). The first-order valence-corrected chi connectivity index (χ1v) is 10.7. The first kappa shape index (κ1) is 18.3. The van der Waals surface area contributed by atoms with Crippen molar-refractivity contribution in [2.24, 2.45) is 5.10 Å². The highest BCUT2D eigenvalue weighted by atomic mass is 35.5. The number of ether oxygens (including phenoxy) is 1. The molecule has 0 saturated carbocycles. The van der Waals surface area contributed by atoms with E-state index in [-0.39, 0.29) is 11.8 Å². The largest absolute Gasteiger partial charge is 0.466 e. The number of hydrogen-bond donors (Lipinski definition) is 0. The Balaban J connectivity index is 1.56. The van der Waals surface area contributed by atoms with E-state index in [1.54, 1.807) is 6.07 Å². The van der Waals surface area contributed by atoms with E-state index in [0.717, 1.165) is 55.9 Å². The molecule has 1 fully saturated rings. The van der Waals surface area contributed by atoms with Crippen molar-refractivity contribution in [1.29, 1.82) is 0 Å². The summed E-state index contributed by atoms with van der Waals surface area (Å²) in [6.07, 6.45) is 2.70. The van der Waals surface area contributed by atoms with Crippen LogP contribution in [0.25, 0.3) is 0 Å². The van der Waals surface area contributed by atoms with Crippen molar-refractivity contribution in [3.63, 3.8) is 0 Å². The molecule has 1 saturated heterocycles. The van der Waals surface area contributed by atoms with E-state index in [1.165, 1.54) is 5.56 Å². The first-order chi connectivity index (χ1) is 13.6. The van der Waals surface area contributed by atoms with E-state index >= 15 is 0 Å². The van der Waals surface area contributed by atoms with Gasteiger partial charge in [0, 0.05) is 48.5 Å². The number of piperidine rings is 1. The van der Waals surface area contributed by atoms with E-state index < -0.39 is 0 Å². The Kier molecular flexibility index (Phi) is 4.53. The summed E-state index contributed by atoms with van der Waals surface area (Å²) in [4.78, 5) is 2.47. The number of nitrogens with zero attached hydrogens (tertiary/aromatic N) is 3. The van der Waals surface area contributed by atoms with Crippen molar-refractivity contribution >= 4 is 28.9 Å². The van der Waals surface area contributed by atoms with Crippen molar-refractivity contribution in [3.05, 3.63) is 63.6 Å². The molecule has 0 N–H and O–H groups in total. The second kappa shape index (κ2) is 6.94. The zero-order valence-electron chi connectivity index (χ0n) is 15.9. The van der Waals surface area contributed by atoms with Gasteiger partial charge in [-0.05, 0) is 24.7 Å². The lowest BCUT2D eigenvalue weighted by molar-refractivity contribution is -0.149. The molecule has 0 bridgehead atoms.